The number of esters is 2. The molecular weight excluding hydrogens is 464 g/mol. The first-order valence-corrected chi connectivity index (χ1v) is 12.4. The lowest BCUT2D eigenvalue weighted by atomic mass is 9.46. The number of hydrogen-bond donors (Lipinski definition) is 3. The Morgan fingerprint density at radius 2 is 1.92 bits per heavy atom. The summed E-state index contributed by atoms with van der Waals surface area (Å²) in [5, 5.41) is 30.3. The van der Waals surface area contributed by atoms with Crippen molar-refractivity contribution in [1.82, 2.24) is 0 Å². The number of cyclic esters (lactones) is 1. The number of carboxylic acid groups (broad SMARTS) is 1. The highest BCUT2D eigenvalue weighted by Crippen LogP contribution is 2.61. The molecular formula is C28H34O8. The van der Waals surface area contributed by atoms with E-state index < -0.39 is 35.5 Å². The lowest BCUT2D eigenvalue weighted by Crippen LogP contribution is -2.57. The third-order valence-electron chi connectivity index (χ3n) is 8.84. The quantitative estimate of drug-likeness (QED) is 0.309. The van der Waals surface area contributed by atoms with Crippen LogP contribution in [-0.2, 0) is 14.3 Å². The Labute approximate surface area is 210 Å². The molecule has 0 unspecified atom stereocenters. The molecule has 1 saturated heterocycles. The van der Waals surface area contributed by atoms with Gasteiger partial charge in [-0.05, 0) is 61.5 Å². The number of aliphatic hydroxyl groups excluding tert-OH is 2. The fourth-order valence-corrected chi connectivity index (χ4v) is 6.69. The van der Waals surface area contributed by atoms with E-state index in [9.17, 15) is 29.7 Å². The lowest BCUT2D eigenvalue weighted by molar-refractivity contribution is -0.151. The molecule has 3 fully saturated rings. The Bertz CT molecular complexity index is 1110. The zero-order chi connectivity index (χ0) is 26.3. The Hall–Kier alpha value is -2.97. The van der Waals surface area contributed by atoms with Crippen molar-refractivity contribution >= 4 is 17.9 Å². The van der Waals surface area contributed by atoms with Crippen LogP contribution in [0.4, 0.5) is 0 Å². The molecule has 2 saturated carbocycles. The molecule has 0 radical (unpaired) electrons. The average molecular weight is 499 g/mol. The molecule has 0 bridgehead atoms. The first-order valence-electron chi connectivity index (χ1n) is 12.4. The zero-order valence-electron chi connectivity index (χ0n) is 20.7. The summed E-state index contributed by atoms with van der Waals surface area (Å²) in [6, 6.07) is 5.75. The van der Waals surface area contributed by atoms with E-state index in [1.165, 1.54) is 18.2 Å². The van der Waals surface area contributed by atoms with Crippen LogP contribution in [0.2, 0.25) is 0 Å². The molecule has 3 N–H and O–H groups in total. The summed E-state index contributed by atoms with van der Waals surface area (Å²) in [5.74, 6) is -2.55. The van der Waals surface area contributed by atoms with E-state index in [-0.39, 0.29) is 47.2 Å². The number of carbonyl (C=O) groups excluding carboxylic acids is 2. The van der Waals surface area contributed by atoms with E-state index in [4.69, 9.17) is 9.47 Å². The summed E-state index contributed by atoms with van der Waals surface area (Å²) in [4.78, 5) is 36.8. The largest absolute Gasteiger partial charge is 0.478 e. The van der Waals surface area contributed by atoms with E-state index in [1.807, 2.05) is 6.92 Å². The van der Waals surface area contributed by atoms with E-state index in [0.29, 0.717) is 12.8 Å². The van der Waals surface area contributed by atoms with Crippen molar-refractivity contribution in [3.8, 4) is 0 Å². The molecule has 194 valence electrons. The molecule has 8 nitrogen and oxygen atoms in total. The van der Waals surface area contributed by atoms with Gasteiger partial charge in [-0.1, -0.05) is 44.2 Å². The van der Waals surface area contributed by atoms with Crippen LogP contribution < -0.4 is 0 Å². The molecule has 1 aromatic carbocycles. The molecule has 8 heteroatoms. The third-order valence-corrected chi connectivity index (χ3v) is 8.84. The fraction of sp³-hybridized carbons (Fsp3) is 0.536. The number of allylic oxidation sites excluding steroid dienone is 2. The fourth-order valence-electron chi connectivity index (χ4n) is 6.69. The molecule has 1 aromatic rings. The molecule has 3 aliphatic rings. The summed E-state index contributed by atoms with van der Waals surface area (Å²) in [5.41, 5.74) is 0.193. The minimum Gasteiger partial charge on any atom is -0.478 e. The van der Waals surface area contributed by atoms with E-state index in [2.05, 4.69) is 13.5 Å². The predicted molar refractivity (Wildman–Crippen MR) is 130 cm³/mol. The van der Waals surface area contributed by atoms with Crippen molar-refractivity contribution < 1.29 is 39.2 Å². The van der Waals surface area contributed by atoms with Gasteiger partial charge >= 0.3 is 17.9 Å². The predicted octanol–water partition coefficient (Wildman–Crippen LogP) is 3.53. The second-order valence-electron chi connectivity index (χ2n) is 10.8. The smallest absolute Gasteiger partial charge is 0.339 e. The minimum absolute atomic E-state index is 0.0135. The van der Waals surface area contributed by atoms with Gasteiger partial charge in [0.15, 0.2) is 6.10 Å². The minimum atomic E-state index is -1.25. The maximum atomic E-state index is 12.8. The van der Waals surface area contributed by atoms with Crippen LogP contribution >= 0.6 is 0 Å². The molecule has 0 spiro atoms. The maximum Gasteiger partial charge on any atom is 0.339 e. The molecule has 6 atom stereocenters. The van der Waals surface area contributed by atoms with Gasteiger partial charge in [0.2, 0.25) is 0 Å². The summed E-state index contributed by atoms with van der Waals surface area (Å²) >= 11 is 0. The Morgan fingerprint density at radius 3 is 2.58 bits per heavy atom. The van der Waals surface area contributed by atoms with E-state index >= 15 is 0 Å². The average Bonchev–Trinajstić information content (AvgIpc) is 3.19. The molecule has 2 aliphatic carbocycles. The highest BCUT2D eigenvalue weighted by Gasteiger charge is 2.57. The molecule has 4 rings (SSSR count). The highest BCUT2D eigenvalue weighted by atomic mass is 16.6. The molecule has 0 amide bonds. The Kier molecular flexibility index (Phi) is 7.12. The summed E-state index contributed by atoms with van der Waals surface area (Å²) < 4.78 is 10.7. The Balaban J connectivity index is 1.56. The van der Waals surface area contributed by atoms with Crippen molar-refractivity contribution in [1.29, 1.82) is 0 Å². The topological polar surface area (TPSA) is 130 Å². The van der Waals surface area contributed by atoms with Gasteiger partial charge in [0.1, 0.15) is 6.61 Å². The van der Waals surface area contributed by atoms with Gasteiger partial charge in [0.25, 0.3) is 0 Å². The van der Waals surface area contributed by atoms with Gasteiger partial charge in [-0.2, -0.15) is 0 Å². The highest BCUT2D eigenvalue weighted by molar-refractivity contribution is 6.03. The van der Waals surface area contributed by atoms with Gasteiger partial charge in [0.05, 0.1) is 29.4 Å². The van der Waals surface area contributed by atoms with Crippen molar-refractivity contribution in [2.75, 3.05) is 13.2 Å². The summed E-state index contributed by atoms with van der Waals surface area (Å²) in [6.07, 6.45) is 3.67. The number of rotatable bonds is 6. The lowest BCUT2D eigenvalue weighted by Gasteiger charge is -2.59. The van der Waals surface area contributed by atoms with Crippen LogP contribution in [0.5, 0.6) is 0 Å². The first-order chi connectivity index (χ1) is 17.0. The molecule has 36 heavy (non-hydrogen) atoms. The van der Waals surface area contributed by atoms with Crippen LogP contribution in [0.15, 0.2) is 48.1 Å². The second kappa shape index (κ2) is 9.82. The van der Waals surface area contributed by atoms with Gasteiger partial charge in [-0.3, -0.25) is 0 Å². The number of fused-ring (bicyclic) bond motifs is 1. The first kappa shape index (κ1) is 26.1. The van der Waals surface area contributed by atoms with E-state index in [1.54, 1.807) is 12.1 Å². The van der Waals surface area contributed by atoms with Crippen molar-refractivity contribution in [3.63, 3.8) is 0 Å². The standard InChI is InChI=1S/C28H34O8/c1-16-8-11-22-27(2,13-12-23(30)28(22,3)15-29)20(16)10-9-19-21(14-35-25(19)33)36-26(34)18-7-5-4-6-17(18)24(31)32/h4-7,9,20-23,29-30H,1,8,10-15H2,2-3H3,(H,31,32)/b19-9+/t20-,21-,22+,23-,27+,28+/m1/s1. The summed E-state index contributed by atoms with van der Waals surface area (Å²) in [7, 11) is 0. The van der Waals surface area contributed by atoms with Crippen LogP contribution in [0, 0.1) is 22.7 Å². The molecule has 0 aromatic heterocycles. The third kappa shape index (κ3) is 4.37. The van der Waals surface area contributed by atoms with Crippen molar-refractivity contribution in [3.05, 3.63) is 59.2 Å². The number of aromatic carboxylic acids is 1. The second-order valence-corrected chi connectivity index (χ2v) is 10.8. The number of benzene rings is 1. The SMILES string of the molecule is C=C1CC[C@@H]2[C@](C)(CO)[C@H](O)CC[C@@]2(C)[C@@H]1C/C=C1/C(=O)OC[C@H]1OC(=O)c1ccccc1C(=O)O. The Morgan fingerprint density at radius 1 is 1.22 bits per heavy atom. The normalized spacial score (nSPS) is 35.3. The van der Waals surface area contributed by atoms with Crippen LogP contribution in [0.3, 0.4) is 0 Å². The number of carbonyl (C=O) groups is 3. The van der Waals surface area contributed by atoms with E-state index in [0.717, 1.165) is 24.8 Å². The summed E-state index contributed by atoms with van der Waals surface area (Å²) in [6.45, 7) is 8.20. The zero-order valence-corrected chi connectivity index (χ0v) is 20.7. The van der Waals surface area contributed by atoms with Gasteiger partial charge < -0.3 is 24.8 Å². The molecule has 1 heterocycles. The number of ether oxygens (including phenoxy) is 2. The van der Waals surface area contributed by atoms with Gasteiger partial charge in [0, 0.05) is 5.41 Å². The van der Waals surface area contributed by atoms with Crippen LogP contribution in [0.25, 0.3) is 0 Å². The number of carboxylic acids is 1. The monoisotopic (exact) mass is 498 g/mol. The van der Waals surface area contributed by atoms with Gasteiger partial charge in [-0.15, -0.1) is 0 Å². The van der Waals surface area contributed by atoms with Crippen molar-refractivity contribution in [2.24, 2.45) is 22.7 Å². The molecule has 1 aliphatic heterocycles. The van der Waals surface area contributed by atoms with Gasteiger partial charge in [-0.25, -0.2) is 14.4 Å². The van der Waals surface area contributed by atoms with Crippen LogP contribution in [0.1, 0.15) is 66.7 Å². The number of aliphatic hydroxyl groups is 2. The van der Waals surface area contributed by atoms with Crippen molar-refractivity contribution in [2.45, 2.75) is 58.2 Å². The van der Waals surface area contributed by atoms with Crippen LogP contribution in [-0.4, -0.2) is 58.6 Å². The maximum absolute atomic E-state index is 12.8. The number of hydrogen-bond acceptors (Lipinski definition) is 7.